The molecule has 0 unspecified atom stereocenters. The third-order valence-electron chi connectivity index (χ3n) is 4.39. The number of H-pyrrole nitrogens is 1. The third kappa shape index (κ3) is 2.34. The lowest BCUT2D eigenvalue weighted by Gasteiger charge is -2.18. The number of fused-ring (bicyclic) bond motifs is 1. The van der Waals surface area contributed by atoms with Gasteiger partial charge in [-0.25, -0.2) is 0 Å². The van der Waals surface area contributed by atoms with E-state index < -0.39 is 0 Å². The van der Waals surface area contributed by atoms with Crippen LogP contribution in [0.4, 0.5) is 5.69 Å². The number of ether oxygens (including phenoxy) is 1. The van der Waals surface area contributed by atoms with Crippen molar-refractivity contribution in [2.24, 2.45) is 0 Å². The molecule has 1 N–H and O–H groups in total. The van der Waals surface area contributed by atoms with Crippen molar-refractivity contribution in [3.8, 4) is 16.9 Å². The first-order valence-corrected chi connectivity index (χ1v) is 7.85. The van der Waals surface area contributed by atoms with Crippen LogP contribution in [0.3, 0.4) is 0 Å². The molecule has 3 aromatic rings. The highest BCUT2D eigenvalue weighted by molar-refractivity contribution is 6.07. The minimum Gasteiger partial charge on any atom is -0.496 e. The fourth-order valence-corrected chi connectivity index (χ4v) is 3.17. The number of nitrogens with zero attached hydrogens (tertiary/aromatic N) is 2. The van der Waals surface area contributed by atoms with Gasteiger partial charge in [0.2, 0.25) is 0 Å². The SMILES string of the molecule is COc1cc(C(=O)N2CCc3ccccc32)ccc1-c1cn[nH]c1. The summed E-state index contributed by atoms with van der Waals surface area (Å²) >= 11 is 0. The van der Waals surface area contributed by atoms with Crippen LogP contribution in [0.15, 0.2) is 54.9 Å². The average Bonchev–Trinajstić information content (AvgIpc) is 3.30. The molecule has 1 aromatic heterocycles. The van der Waals surface area contributed by atoms with Gasteiger partial charge in [-0.15, -0.1) is 0 Å². The standard InChI is InChI=1S/C19H17N3O2/c1-24-18-10-14(6-7-16(18)15-11-20-21-12-15)19(23)22-9-8-13-4-2-3-5-17(13)22/h2-7,10-12H,8-9H2,1H3,(H,20,21). The first-order valence-electron chi connectivity index (χ1n) is 7.85. The number of carbonyl (C=O) groups excluding carboxylic acids is 1. The molecular formula is C19H17N3O2. The van der Waals surface area contributed by atoms with Gasteiger partial charge in [0.25, 0.3) is 5.91 Å². The lowest BCUT2D eigenvalue weighted by molar-refractivity contribution is 0.0989. The zero-order valence-electron chi connectivity index (χ0n) is 13.3. The number of anilines is 1. The summed E-state index contributed by atoms with van der Waals surface area (Å²) in [5.41, 5.74) is 4.67. The summed E-state index contributed by atoms with van der Waals surface area (Å²) in [6, 6.07) is 13.6. The maximum Gasteiger partial charge on any atom is 0.258 e. The van der Waals surface area contributed by atoms with Gasteiger partial charge in [-0.3, -0.25) is 9.89 Å². The number of rotatable bonds is 3. The zero-order chi connectivity index (χ0) is 16.5. The summed E-state index contributed by atoms with van der Waals surface area (Å²) in [5.74, 6) is 0.659. The Balaban J connectivity index is 1.69. The molecule has 0 atom stereocenters. The number of aromatic nitrogens is 2. The van der Waals surface area contributed by atoms with E-state index in [0.29, 0.717) is 17.9 Å². The van der Waals surface area contributed by atoms with Gasteiger partial charge in [-0.1, -0.05) is 18.2 Å². The number of para-hydroxylation sites is 1. The number of carbonyl (C=O) groups is 1. The van der Waals surface area contributed by atoms with Gasteiger partial charge in [0.05, 0.1) is 13.3 Å². The molecule has 0 radical (unpaired) electrons. The smallest absolute Gasteiger partial charge is 0.258 e. The molecule has 1 aliphatic rings. The second-order valence-electron chi connectivity index (χ2n) is 5.74. The fraction of sp³-hybridized carbons (Fsp3) is 0.158. The fourth-order valence-electron chi connectivity index (χ4n) is 3.17. The number of amides is 1. The molecule has 1 amide bonds. The van der Waals surface area contributed by atoms with Crippen LogP contribution >= 0.6 is 0 Å². The monoisotopic (exact) mass is 319 g/mol. The van der Waals surface area contributed by atoms with E-state index in [2.05, 4.69) is 16.3 Å². The molecule has 0 saturated heterocycles. The van der Waals surface area contributed by atoms with Crippen molar-refractivity contribution in [3.05, 3.63) is 66.0 Å². The minimum atomic E-state index is -0.00278. The van der Waals surface area contributed by atoms with Crippen LogP contribution in [0.1, 0.15) is 15.9 Å². The molecule has 5 heteroatoms. The third-order valence-corrected chi connectivity index (χ3v) is 4.39. The predicted molar refractivity (Wildman–Crippen MR) is 92.4 cm³/mol. The highest BCUT2D eigenvalue weighted by atomic mass is 16.5. The molecule has 1 aliphatic heterocycles. The maximum absolute atomic E-state index is 12.9. The minimum absolute atomic E-state index is 0.00278. The molecule has 0 bridgehead atoms. The Kier molecular flexibility index (Phi) is 3.54. The van der Waals surface area contributed by atoms with Gasteiger partial charge in [0, 0.05) is 35.1 Å². The molecule has 0 fully saturated rings. The van der Waals surface area contributed by atoms with Crippen LogP contribution in [0, 0.1) is 0 Å². The first-order chi connectivity index (χ1) is 11.8. The maximum atomic E-state index is 12.9. The van der Waals surface area contributed by atoms with Crippen molar-refractivity contribution in [2.75, 3.05) is 18.6 Å². The van der Waals surface area contributed by atoms with Crippen molar-refractivity contribution < 1.29 is 9.53 Å². The van der Waals surface area contributed by atoms with Gasteiger partial charge < -0.3 is 9.64 Å². The van der Waals surface area contributed by atoms with Gasteiger partial charge in [-0.2, -0.15) is 5.10 Å². The molecule has 0 aliphatic carbocycles. The van der Waals surface area contributed by atoms with Crippen LogP contribution in [0.5, 0.6) is 5.75 Å². The van der Waals surface area contributed by atoms with Crippen molar-refractivity contribution >= 4 is 11.6 Å². The lowest BCUT2D eigenvalue weighted by atomic mass is 10.0. The highest BCUT2D eigenvalue weighted by Crippen LogP contribution is 2.33. The van der Waals surface area contributed by atoms with Crippen molar-refractivity contribution in [2.45, 2.75) is 6.42 Å². The van der Waals surface area contributed by atoms with E-state index >= 15 is 0 Å². The summed E-state index contributed by atoms with van der Waals surface area (Å²) in [6.45, 7) is 0.712. The largest absolute Gasteiger partial charge is 0.496 e. The number of hydrogen-bond donors (Lipinski definition) is 1. The van der Waals surface area contributed by atoms with E-state index in [-0.39, 0.29) is 5.91 Å². The van der Waals surface area contributed by atoms with Crippen LogP contribution in [-0.2, 0) is 6.42 Å². The molecule has 2 aromatic carbocycles. The molecule has 5 nitrogen and oxygen atoms in total. The number of methoxy groups -OCH3 is 1. The molecule has 0 saturated carbocycles. The number of aromatic amines is 1. The Labute approximate surface area is 139 Å². The van der Waals surface area contributed by atoms with Crippen molar-refractivity contribution in [3.63, 3.8) is 0 Å². The first kappa shape index (κ1) is 14.5. The second-order valence-corrected chi connectivity index (χ2v) is 5.74. The number of benzene rings is 2. The Morgan fingerprint density at radius 2 is 2.12 bits per heavy atom. The Bertz CT molecular complexity index is 887. The Hall–Kier alpha value is -3.08. The molecule has 2 heterocycles. The van der Waals surface area contributed by atoms with Crippen molar-refractivity contribution in [1.29, 1.82) is 0 Å². The zero-order valence-corrected chi connectivity index (χ0v) is 13.3. The molecular weight excluding hydrogens is 302 g/mol. The van der Waals surface area contributed by atoms with E-state index in [9.17, 15) is 4.79 Å². The summed E-state index contributed by atoms with van der Waals surface area (Å²) < 4.78 is 5.48. The number of hydrogen-bond acceptors (Lipinski definition) is 3. The van der Waals surface area contributed by atoms with E-state index in [1.54, 1.807) is 25.6 Å². The van der Waals surface area contributed by atoms with E-state index in [4.69, 9.17) is 4.74 Å². The van der Waals surface area contributed by atoms with Gasteiger partial charge in [0.1, 0.15) is 5.75 Å². The van der Waals surface area contributed by atoms with Crippen LogP contribution in [0.25, 0.3) is 11.1 Å². The normalized spacial score (nSPS) is 13.0. The van der Waals surface area contributed by atoms with E-state index in [1.165, 1.54) is 5.56 Å². The quantitative estimate of drug-likeness (QED) is 0.806. The topological polar surface area (TPSA) is 58.2 Å². The Morgan fingerprint density at radius 3 is 2.92 bits per heavy atom. The van der Waals surface area contributed by atoms with Crippen LogP contribution in [0.2, 0.25) is 0 Å². The van der Waals surface area contributed by atoms with Crippen LogP contribution < -0.4 is 9.64 Å². The van der Waals surface area contributed by atoms with Gasteiger partial charge in [-0.05, 0) is 36.2 Å². The summed E-state index contributed by atoms with van der Waals surface area (Å²) in [4.78, 5) is 14.8. The molecule has 4 rings (SSSR count). The van der Waals surface area contributed by atoms with Crippen LogP contribution in [-0.4, -0.2) is 29.8 Å². The summed E-state index contributed by atoms with van der Waals surface area (Å²) in [7, 11) is 1.61. The lowest BCUT2D eigenvalue weighted by Crippen LogP contribution is -2.28. The van der Waals surface area contributed by atoms with Gasteiger partial charge >= 0.3 is 0 Å². The summed E-state index contributed by atoms with van der Waals surface area (Å²) in [5, 5.41) is 6.76. The van der Waals surface area contributed by atoms with E-state index in [1.807, 2.05) is 35.2 Å². The van der Waals surface area contributed by atoms with Crippen molar-refractivity contribution in [1.82, 2.24) is 10.2 Å². The molecule has 24 heavy (non-hydrogen) atoms. The Morgan fingerprint density at radius 1 is 1.25 bits per heavy atom. The predicted octanol–water partition coefficient (Wildman–Crippen LogP) is 3.29. The molecule has 120 valence electrons. The second kappa shape index (κ2) is 5.85. The molecule has 0 spiro atoms. The number of nitrogens with one attached hydrogen (secondary N) is 1. The highest BCUT2D eigenvalue weighted by Gasteiger charge is 2.25. The average molecular weight is 319 g/mol. The summed E-state index contributed by atoms with van der Waals surface area (Å²) in [6.07, 6.45) is 4.43. The van der Waals surface area contributed by atoms with E-state index in [0.717, 1.165) is 23.2 Å². The van der Waals surface area contributed by atoms with Gasteiger partial charge in [0.15, 0.2) is 0 Å².